The van der Waals surface area contributed by atoms with E-state index < -0.39 is 5.82 Å². The molecule has 0 spiro atoms. The maximum atomic E-state index is 14.0. The van der Waals surface area contributed by atoms with Gasteiger partial charge in [0.2, 0.25) is 0 Å². The summed E-state index contributed by atoms with van der Waals surface area (Å²) in [5.74, 6) is -0.0497. The molecule has 0 fully saturated rings. The van der Waals surface area contributed by atoms with E-state index in [1.807, 2.05) is 24.3 Å². The number of ether oxygens (including phenoxy) is 1. The average molecular weight is 322 g/mol. The van der Waals surface area contributed by atoms with Crippen LogP contribution in [0.25, 0.3) is 10.9 Å². The monoisotopic (exact) mass is 322 g/mol. The van der Waals surface area contributed by atoms with Gasteiger partial charge in [-0.15, -0.1) is 0 Å². The number of benzene rings is 2. The fourth-order valence-corrected chi connectivity index (χ4v) is 3.00. The van der Waals surface area contributed by atoms with Gasteiger partial charge < -0.3 is 9.64 Å². The Morgan fingerprint density at radius 2 is 2.04 bits per heavy atom. The molecule has 0 unspecified atom stereocenters. The van der Waals surface area contributed by atoms with Crippen LogP contribution < -0.4 is 9.64 Å². The maximum absolute atomic E-state index is 14.0. The van der Waals surface area contributed by atoms with Crippen molar-refractivity contribution in [2.75, 3.05) is 18.1 Å². The van der Waals surface area contributed by atoms with Gasteiger partial charge >= 0.3 is 0 Å². The largest absolute Gasteiger partial charge is 0.491 e. The molecule has 1 aliphatic heterocycles. The molecule has 4 rings (SSSR count). The Morgan fingerprint density at radius 1 is 1.17 bits per heavy atom. The summed E-state index contributed by atoms with van der Waals surface area (Å²) in [6.07, 6.45) is 2.32. The predicted molar refractivity (Wildman–Crippen MR) is 89.9 cm³/mol. The molecule has 2 aromatic carbocycles. The topological polar surface area (TPSA) is 42.4 Å². The van der Waals surface area contributed by atoms with Gasteiger partial charge in [-0.25, -0.2) is 4.39 Å². The van der Waals surface area contributed by atoms with E-state index in [0.29, 0.717) is 41.9 Å². The molecule has 120 valence electrons. The minimum atomic E-state index is -0.446. The lowest BCUT2D eigenvalue weighted by Crippen LogP contribution is -2.31. The SMILES string of the molecule is O=C(c1cc(F)cc2cccnc12)N1CCCOc2ccccc21. The van der Waals surface area contributed by atoms with Gasteiger partial charge in [0.05, 0.1) is 23.4 Å². The molecule has 0 aliphatic carbocycles. The van der Waals surface area contributed by atoms with Gasteiger partial charge in [0.15, 0.2) is 0 Å². The fraction of sp³-hybridized carbons (Fsp3) is 0.158. The molecule has 3 aromatic rings. The first-order valence-electron chi connectivity index (χ1n) is 7.82. The van der Waals surface area contributed by atoms with Gasteiger partial charge in [-0.3, -0.25) is 9.78 Å². The third-order valence-electron chi connectivity index (χ3n) is 4.08. The first-order chi connectivity index (χ1) is 11.7. The third-order valence-corrected chi connectivity index (χ3v) is 4.08. The molecular formula is C19H15FN2O2. The number of hydrogen-bond donors (Lipinski definition) is 0. The van der Waals surface area contributed by atoms with Crippen molar-refractivity contribution in [2.24, 2.45) is 0 Å². The Kier molecular flexibility index (Phi) is 3.61. The standard InChI is InChI=1S/C19H15FN2O2/c20-14-11-13-5-3-8-21-18(13)15(12-14)19(23)22-9-4-10-24-17-7-2-1-6-16(17)22/h1-3,5-8,11-12H,4,9-10H2. The minimum Gasteiger partial charge on any atom is -0.491 e. The Labute approximate surface area is 138 Å². The van der Waals surface area contributed by atoms with Crippen LogP contribution in [0.15, 0.2) is 54.7 Å². The summed E-state index contributed by atoms with van der Waals surface area (Å²) < 4.78 is 19.7. The molecule has 0 bridgehead atoms. The zero-order valence-electron chi connectivity index (χ0n) is 12.9. The number of para-hydroxylation sites is 2. The number of hydrogen-bond acceptors (Lipinski definition) is 3. The van der Waals surface area contributed by atoms with Gasteiger partial charge in [-0.1, -0.05) is 18.2 Å². The summed E-state index contributed by atoms with van der Waals surface area (Å²) in [4.78, 5) is 19.1. The highest BCUT2D eigenvalue weighted by atomic mass is 19.1. The molecule has 1 aliphatic rings. The average Bonchev–Trinajstić information content (AvgIpc) is 2.83. The summed E-state index contributed by atoms with van der Waals surface area (Å²) in [5.41, 5.74) is 1.47. The van der Waals surface area contributed by atoms with Gasteiger partial charge in [-0.05, 0) is 36.8 Å². The van der Waals surface area contributed by atoms with Crippen LogP contribution in [0, 0.1) is 5.82 Å². The lowest BCUT2D eigenvalue weighted by molar-refractivity contribution is 0.0988. The lowest BCUT2D eigenvalue weighted by atomic mass is 10.1. The number of amides is 1. The highest BCUT2D eigenvalue weighted by molar-refractivity contribution is 6.13. The molecule has 0 radical (unpaired) electrons. The number of anilines is 1. The Morgan fingerprint density at radius 3 is 2.96 bits per heavy atom. The molecule has 5 heteroatoms. The van der Waals surface area contributed by atoms with Gasteiger partial charge in [0.1, 0.15) is 11.6 Å². The molecule has 0 N–H and O–H groups in total. The van der Waals surface area contributed by atoms with Crippen LogP contribution in [0.4, 0.5) is 10.1 Å². The molecular weight excluding hydrogens is 307 g/mol. The normalized spacial score (nSPS) is 14.0. The summed E-state index contributed by atoms with van der Waals surface area (Å²) in [7, 11) is 0. The molecule has 0 atom stereocenters. The van der Waals surface area contributed by atoms with E-state index in [9.17, 15) is 9.18 Å². The molecule has 2 heterocycles. The Hall–Kier alpha value is -2.95. The number of carbonyl (C=O) groups is 1. The lowest BCUT2D eigenvalue weighted by Gasteiger charge is -2.22. The van der Waals surface area contributed by atoms with Crippen LogP contribution in [-0.4, -0.2) is 24.0 Å². The van der Waals surface area contributed by atoms with E-state index in [2.05, 4.69) is 4.98 Å². The van der Waals surface area contributed by atoms with Crippen molar-refractivity contribution in [2.45, 2.75) is 6.42 Å². The predicted octanol–water partition coefficient (Wildman–Crippen LogP) is 3.80. The van der Waals surface area contributed by atoms with Crippen LogP contribution in [0.3, 0.4) is 0 Å². The number of pyridine rings is 1. The Bertz CT molecular complexity index is 926. The van der Waals surface area contributed by atoms with Crippen molar-refractivity contribution in [1.82, 2.24) is 4.98 Å². The van der Waals surface area contributed by atoms with E-state index in [-0.39, 0.29) is 11.5 Å². The Balaban J connectivity index is 1.85. The first kappa shape index (κ1) is 14.6. The molecule has 0 saturated heterocycles. The second kappa shape index (κ2) is 5.92. The maximum Gasteiger partial charge on any atom is 0.260 e. The summed E-state index contributed by atoms with van der Waals surface area (Å²) >= 11 is 0. The third kappa shape index (κ3) is 2.48. The summed E-state index contributed by atoms with van der Waals surface area (Å²) in [6, 6.07) is 13.5. The van der Waals surface area contributed by atoms with E-state index in [0.717, 1.165) is 0 Å². The number of halogens is 1. The first-order valence-corrected chi connectivity index (χ1v) is 7.82. The summed E-state index contributed by atoms with van der Waals surface area (Å²) in [6.45, 7) is 1.06. The van der Waals surface area contributed by atoms with Crippen LogP contribution in [0.1, 0.15) is 16.8 Å². The van der Waals surface area contributed by atoms with Crippen LogP contribution in [0.2, 0.25) is 0 Å². The quantitative estimate of drug-likeness (QED) is 0.684. The number of carbonyl (C=O) groups excluding carboxylic acids is 1. The van der Waals surface area contributed by atoms with E-state index in [1.54, 1.807) is 23.2 Å². The fourth-order valence-electron chi connectivity index (χ4n) is 3.00. The second-order valence-corrected chi connectivity index (χ2v) is 5.66. The highest BCUT2D eigenvalue weighted by Crippen LogP contribution is 2.32. The number of nitrogens with zero attached hydrogens (tertiary/aromatic N) is 2. The molecule has 4 nitrogen and oxygen atoms in total. The van der Waals surface area contributed by atoms with Crippen molar-refractivity contribution in [3.8, 4) is 5.75 Å². The van der Waals surface area contributed by atoms with Crippen molar-refractivity contribution >= 4 is 22.5 Å². The van der Waals surface area contributed by atoms with Gasteiger partial charge in [0.25, 0.3) is 5.91 Å². The molecule has 1 aromatic heterocycles. The number of aromatic nitrogens is 1. The van der Waals surface area contributed by atoms with Crippen LogP contribution in [0.5, 0.6) is 5.75 Å². The van der Waals surface area contributed by atoms with Crippen molar-refractivity contribution in [1.29, 1.82) is 0 Å². The summed E-state index contributed by atoms with van der Waals surface area (Å²) in [5, 5.41) is 0.611. The van der Waals surface area contributed by atoms with E-state index in [1.165, 1.54) is 12.1 Å². The van der Waals surface area contributed by atoms with Crippen molar-refractivity contribution < 1.29 is 13.9 Å². The van der Waals surface area contributed by atoms with E-state index in [4.69, 9.17) is 4.74 Å². The molecule has 0 saturated carbocycles. The number of fused-ring (bicyclic) bond motifs is 2. The number of rotatable bonds is 1. The zero-order chi connectivity index (χ0) is 16.5. The van der Waals surface area contributed by atoms with Gasteiger partial charge in [-0.2, -0.15) is 0 Å². The zero-order valence-corrected chi connectivity index (χ0v) is 12.9. The van der Waals surface area contributed by atoms with Crippen molar-refractivity contribution in [3.63, 3.8) is 0 Å². The van der Waals surface area contributed by atoms with Crippen molar-refractivity contribution in [3.05, 3.63) is 66.1 Å². The molecule has 24 heavy (non-hydrogen) atoms. The van der Waals surface area contributed by atoms with Gasteiger partial charge in [0, 0.05) is 18.1 Å². The van der Waals surface area contributed by atoms with E-state index >= 15 is 0 Å². The molecule has 1 amide bonds. The highest BCUT2D eigenvalue weighted by Gasteiger charge is 2.25. The second-order valence-electron chi connectivity index (χ2n) is 5.66. The van der Waals surface area contributed by atoms with Crippen LogP contribution >= 0.6 is 0 Å². The van der Waals surface area contributed by atoms with Crippen LogP contribution in [-0.2, 0) is 0 Å². The minimum absolute atomic E-state index is 0.266. The smallest absolute Gasteiger partial charge is 0.260 e.